The van der Waals surface area contributed by atoms with E-state index in [0.717, 1.165) is 6.42 Å². The molecular weight excluding hydrogens is 463 g/mol. The molecule has 0 radical (unpaired) electrons. The molecule has 0 bridgehead atoms. The molecule has 0 aliphatic rings. The van der Waals surface area contributed by atoms with Crippen LogP contribution in [-0.4, -0.2) is 9.78 Å². The minimum atomic E-state index is 0. The number of aromatic nitrogens is 2. The summed E-state index contributed by atoms with van der Waals surface area (Å²) in [5.74, 6) is 0.418. The standard InChI is InChI=1S/C20H30N2.Pt/c1-8-20(6,7)19-17(16-12-10-9-11-13-16)18(14(2)3)21-22(19)15(4)5;/h9-15H,8H2,1-7H3;. The van der Waals surface area contributed by atoms with Crippen LogP contribution in [0.25, 0.3) is 11.1 Å². The molecular formula is C20H30N2Pt. The van der Waals surface area contributed by atoms with Crippen LogP contribution in [0.1, 0.15) is 78.2 Å². The van der Waals surface area contributed by atoms with Crippen LogP contribution in [0.2, 0.25) is 0 Å². The number of rotatable bonds is 5. The Balaban J connectivity index is 0.00000264. The van der Waals surface area contributed by atoms with Crippen LogP contribution in [0.4, 0.5) is 0 Å². The maximum Gasteiger partial charge on any atom is 0.0731 e. The van der Waals surface area contributed by atoms with Crippen molar-refractivity contribution in [3.8, 4) is 11.1 Å². The summed E-state index contributed by atoms with van der Waals surface area (Å²) in [5.41, 5.74) is 5.33. The molecule has 0 atom stereocenters. The third-order valence-electron chi connectivity index (χ3n) is 4.56. The first-order valence-corrected chi connectivity index (χ1v) is 8.47. The molecule has 2 aromatic rings. The van der Waals surface area contributed by atoms with Gasteiger partial charge in [0.15, 0.2) is 0 Å². The van der Waals surface area contributed by atoms with Gasteiger partial charge in [-0.1, -0.05) is 65.0 Å². The van der Waals surface area contributed by atoms with Crippen molar-refractivity contribution in [3.63, 3.8) is 0 Å². The largest absolute Gasteiger partial charge is 0.266 e. The third kappa shape index (κ3) is 3.97. The Bertz CT molecular complexity index is 625. The van der Waals surface area contributed by atoms with E-state index in [1.807, 2.05) is 0 Å². The fourth-order valence-corrected chi connectivity index (χ4v) is 2.94. The van der Waals surface area contributed by atoms with Gasteiger partial charge in [-0.25, -0.2) is 0 Å². The summed E-state index contributed by atoms with van der Waals surface area (Å²) in [5, 5.41) is 5.02. The Kier molecular flexibility index (Phi) is 6.83. The SMILES string of the molecule is CCC(C)(C)c1c(-c2ccccc2)c(C(C)C)nn1C(C)C.[Pt]. The Hall–Kier alpha value is -0.882. The Morgan fingerprint density at radius 2 is 1.61 bits per heavy atom. The van der Waals surface area contributed by atoms with Crippen LogP contribution < -0.4 is 0 Å². The molecule has 2 nitrogen and oxygen atoms in total. The number of nitrogens with zero attached hydrogens (tertiary/aromatic N) is 2. The second kappa shape index (κ2) is 7.79. The van der Waals surface area contributed by atoms with Gasteiger partial charge in [-0.2, -0.15) is 5.10 Å². The fraction of sp³-hybridized carbons (Fsp3) is 0.550. The molecule has 0 amide bonds. The monoisotopic (exact) mass is 493 g/mol. The van der Waals surface area contributed by atoms with Gasteiger partial charge in [0.1, 0.15) is 0 Å². The van der Waals surface area contributed by atoms with E-state index in [-0.39, 0.29) is 26.5 Å². The molecule has 0 fully saturated rings. The van der Waals surface area contributed by atoms with Gasteiger partial charge in [-0.05, 0) is 31.7 Å². The molecule has 0 aliphatic heterocycles. The van der Waals surface area contributed by atoms with Crippen LogP contribution in [-0.2, 0) is 26.5 Å². The summed E-state index contributed by atoms with van der Waals surface area (Å²) in [6.07, 6.45) is 1.10. The van der Waals surface area contributed by atoms with Crippen LogP contribution in [0.15, 0.2) is 30.3 Å². The van der Waals surface area contributed by atoms with E-state index >= 15 is 0 Å². The number of hydrogen-bond donors (Lipinski definition) is 0. The molecule has 2 rings (SSSR count). The van der Waals surface area contributed by atoms with Crippen LogP contribution in [0.5, 0.6) is 0 Å². The quantitative estimate of drug-likeness (QED) is 0.504. The van der Waals surface area contributed by atoms with Crippen molar-refractivity contribution in [1.82, 2.24) is 9.78 Å². The third-order valence-corrected chi connectivity index (χ3v) is 4.56. The maximum absolute atomic E-state index is 5.02. The zero-order valence-electron chi connectivity index (χ0n) is 15.5. The summed E-state index contributed by atoms with van der Waals surface area (Å²) in [6, 6.07) is 11.1. The van der Waals surface area contributed by atoms with Crippen LogP contribution in [0, 0.1) is 0 Å². The van der Waals surface area contributed by atoms with Crippen molar-refractivity contribution in [3.05, 3.63) is 41.7 Å². The first-order chi connectivity index (χ1) is 10.3. The maximum atomic E-state index is 5.02. The van der Waals surface area contributed by atoms with E-state index in [1.54, 1.807) is 0 Å². The first-order valence-electron chi connectivity index (χ1n) is 8.47. The van der Waals surface area contributed by atoms with E-state index in [9.17, 15) is 0 Å². The molecule has 0 aliphatic carbocycles. The van der Waals surface area contributed by atoms with E-state index < -0.39 is 0 Å². The summed E-state index contributed by atoms with van der Waals surface area (Å²) in [7, 11) is 0. The van der Waals surface area contributed by atoms with Gasteiger partial charge in [0.25, 0.3) is 0 Å². The van der Waals surface area contributed by atoms with Crippen molar-refractivity contribution < 1.29 is 21.1 Å². The van der Waals surface area contributed by atoms with E-state index in [2.05, 4.69) is 83.5 Å². The second-order valence-electron chi connectivity index (χ2n) is 7.41. The van der Waals surface area contributed by atoms with Crippen molar-refractivity contribution >= 4 is 0 Å². The minimum Gasteiger partial charge on any atom is -0.266 e. The summed E-state index contributed by atoms with van der Waals surface area (Å²) in [4.78, 5) is 0. The van der Waals surface area contributed by atoms with E-state index in [0.29, 0.717) is 12.0 Å². The Labute approximate surface area is 155 Å². The second-order valence-corrected chi connectivity index (χ2v) is 7.41. The predicted octanol–water partition coefficient (Wildman–Crippen LogP) is 5.94. The smallest absolute Gasteiger partial charge is 0.0731 e. The normalized spacial score (nSPS) is 11.9. The van der Waals surface area contributed by atoms with Gasteiger partial charge in [0.2, 0.25) is 0 Å². The summed E-state index contributed by atoms with van der Waals surface area (Å²) >= 11 is 0. The van der Waals surface area contributed by atoms with Crippen molar-refractivity contribution in [2.24, 2.45) is 0 Å². The molecule has 0 unspecified atom stereocenters. The van der Waals surface area contributed by atoms with Gasteiger partial charge in [0.05, 0.1) is 11.4 Å². The molecule has 0 N–H and O–H groups in total. The number of hydrogen-bond acceptors (Lipinski definition) is 1. The average molecular weight is 494 g/mol. The summed E-state index contributed by atoms with van der Waals surface area (Å²) < 4.78 is 2.25. The van der Waals surface area contributed by atoms with Crippen molar-refractivity contribution in [1.29, 1.82) is 0 Å². The zero-order chi connectivity index (χ0) is 16.5. The van der Waals surface area contributed by atoms with Gasteiger partial charge in [-0.3, -0.25) is 4.68 Å². The van der Waals surface area contributed by atoms with E-state index in [1.165, 1.54) is 22.5 Å². The molecule has 0 spiro atoms. The Morgan fingerprint density at radius 3 is 2.04 bits per heavy atom. The van der Waals surface area contributed by atoms with Gasteiger partial charge >= 0.3 is 0 Å². The zero-order valence-corrected chi connectivity index (χ0v) is 17.7. The molecule has 23 heavy (non-hydrogen) atoms. The molecule has 1 aromatic heterocycles. The molecule has 0 saturated heterocycles. The van der Waals surface area contributed by atoms with E-state index in [4.69, 9.17) is 5.10 Å². The summed E-state index contributed by atoms with van der Waals surface area (Å²) in [6.45, 7) is 15.9. The molecule has 1 aromatic carbocycles. The average Bonchev–Trinajstić information content (AvgIpc) is 2.89. The topological polar surface area (TPSA) is 17.8 Å². The van der Waals surface area contributed by atoms with Crippen molar-refractivity contribution in [2.45, 2.75) is 72.3 Å². The Morgan fingerprint density at radius 1 is 1.04 bits per heavy atom. The predicted molar refractivity (Wildman–Crippen MR) is 95.5 cm³/mol. The van der Waals surface area contributed by atoms with Gasteiger partial charge in [0, 0.05) is 38.1 Å². The van der Waals surface area contributed by atoms with Crippen LogP contribution in [0.3, 0.4) is 0 Å². The first kappa shape index (κ1) is 20.2. The van der Waals surface area contributed by atoms with Gasteiger partial charge < -0.3 is 0 Å². The molecule has 130 valence electrons. The molecule has 3 heteroatoms. The number of benzene rings is 1. The fourth-order valence-electron chi connectivity index (χ4n) is 2.94. The minimum absolute atomic E-state index is 0. The molecule has 0 saturated carbocycles. The molecule has 1 heterocycles. The van der Waals surface area contributed by atoms with Crippen LogP contribution >= 0.6 is 0 Å². The van der Waals surface area contributed by atoms with Gasteiger partial charge in [-0.15, -0.1) is 0 Å². The van der Waals surface area contributed by atoms with Crippen molar-refractivity contribution in [2.75, 3.05) is 0 Å².